The van der Waals surface area contributed by atoms with Crippen LogP contribution >= 0.6 is 0 Å². The molecule has 0 spiro atoms. The van der Waals surface area contributed by atoms with Gasteiger partial charge in [0.25, 0.3) is 0 Å². The van der Waals surface area contributed by atoms with Gasteiger partial charge in [0.05, 0.1) is 13.5 Å². The molecule has 0 heterocycles. The fourth-order valence-corrected chi connectivity index (χ4v) is 2.10. The zero-order chi connectivity index (χ0) is 16.7. The summed E-state index contributed by atoms with van der Waals surface area (Å²) in [5.41, 5.74) is 1.03. The summed E-state index contributed by atoms with van der Waals surface area (Å²) in [6.45, 7) is 3.29. The number of ether oxygens (including phenoxy) is 1. The van der Waals surface area contributed by atoms with Crippen LogP contribution in [0.3, 0.4) is 0 Å². The Balaban J connectivity index is 2.88. The summed E-state index contributed by atoms with van der Waals surface area (Å²) in [5, 5.41) is 11.5. The first-order valence-corrected chi connectivity index (χ1v) is 7.09. The van der Waals surface area contributed by atoms with Crippen LogP contribution in [0, 0.1) is 0 Å². The lowest BCUT2D eigenvalue weighted by atomic mass is 10.0. The Labute approximate surface area is 129 Å². The second kappa shape index (κ2) is 8.17. The van der Waals surface area contributed by atoms with Crippen molar-refractivity contribution in [3.8, 4) is 5.75 Å². The first kappa shape index (κ1) is 17.7. The zero-order valence-electron chi connectivity index (χ0n) is 13.0. The van der Waals surface area contributed by atoms with Gasteiger partial charge in [-0.25, -0.2) is 4.79 Å². The zero-order valence-corrected chi connectivity index (χ0v) is 13.0. The van der Waals surface area contributed by atoms with Crippen LogP contribution in [0.4, 0.5) is 0 Å². The van der Waals surface area contributed by atoms with Crippen molar-refractivity contribution in [3.63, 3.8) is 0 Å². The molecule has 0 aliphatic carbocycles. The van der Waals surface area contributed by atoms with Crippen molar-refractivity contribution in [3.05, 3.63) is 29.3 Å². The second-order valence-corrected chi connectivity index (χ2v) is 5.01. The van der Waals surface area contributed by atoms with Crippen LogP contribution in [0.15, 0.2) is 18.2 Å². The fraction of sp³-hybridized carbons (Fsp3) is 0.438. The first-order chi connectivity index (χ1) is 10.4. The molecule has 6 heteroatoms. The van der Waals surface area contributed by atoms with Crippen molar-refractivity contribution in [1.29, 1.82) is 0 Å². The number of hydrogen-bond acceptors (Lipinski definition) is 4. The van der Waals surface area contributed by atoms with E-state index in [1.54, 1.807) is 18.2 Å². The van der Waals surface area contributed by atoms with E-state index in [4.69, 9.17) is 9.84 Å². The van der Waals surface area contributed by atoms with Crippen molar-refractivity contribution in [1.82, 2.24) is 5.32 Å². The predicted octanol–water partition coefficient (Wildman–Crippen LogP) is 1.81. The highest BCUT2D eigenvalue weighted by Gasteiger charge is 2.20. The van der Waals surface area contributed by atoms with Gasteiger partial charge < -0.3 is 15.2 Å². The third kappa shape index (κ3) is 4.87. The van der Waals surface area contributed by atoms with E-state index in [2.05, 4.69) is 5.32 Å². The molecule has 1 aromatic rings. The number of carbonyl (C=O) groups excluding carboxylic acids is 2. The van der Waals surface area contributed by atoms with Crippen LogP contribution in [0.1, 0.15) is 42.6 Å². The minimum atomic E-state index is -1.06. The van der Waals surface area contributed by atoms with Gasteiger partial charge in [0.1, 0.15) is 11.8 Å². The van der Waals surface area contributed by atoms with Gasteiger partial charge in [0.2, 0.25) is 5.91 Å². The number of nitrogens with one attached hydrogen (secondary N) is 1. The number of amides is 1. The van der Waals surface area contributed by atoms with E-state index in [0.29, 0.717) is 29.7 Å². The number of carbonyl (C=O) groups is 3. The molecule has 0 radical (unpaired) electrons. The minimum absolute atomic E-state index is 0.0439. The van der Waals surface area contributed by atoms with Crippen molar-refractivity contribution in [2.45, 2.75) is 39.2 Å². The molecule has 22 heavy (non-hydrogen) atoms. The lowest BCUT2D eigenvalue weighted by molar-refractivity contribution is -0.141. The van der Waals surface area contributed by atoms with Crippen LogP contribution in [-0.2, 0) is 16.0 Å². The maximum atomic E-state index is 12.0. The number of ketones is 1. The van der Waals surface area contributed by atoms with Crippen LogP contribution < -0.4 is 10.1 Å². The van der Waals surface area contributed by atoms with Crippen molar-refractivity contribution in [2.24, 2.45) is 0 Å². The van der Waals surface area contributed by atoms with E-state index in [-0.39, 0.29) is 12.2 Å². The number of aliphatic carboxylic acids is 1. The molecule has 0 saturated heterocycles. The van der Waals surface area contributed by atoms with E-state index in [1.807, 2.05) is 6.92 Å². The highest BCUT2D eigenvalue weighted by Crippen LogP contribution is 2.21. The molecule has 2 N–H and O–H groups in total. The Morgan fingerprint density at radius 1 is 1.32 bits per heavy atom. The van der Waals surface area contributed by atoms with Crippen LogP contribution in [0.25, 0.3) is 0 Å². The summed E-state index contributed by atoms with van der Waals surface area (Å²) in [4.78, 5) is 34.5. The standard InChI is InChI=1S/C16H21NO5/c1-4-5-13(16(20)21)17-15(19)9-12-8-11(10(2)18)6-7-14(12)22-3/h6-8,13H,4-5,9H2,1-3H3,(H,17,19)(H,20,21). The first-order valence-electron chi connectivity index (χ1n) is 7.09. The van der Waals surface area contributed by atoms with Gasteiger partial charge >= 0.3 is 5.97 Å². The van der Waals surface area contributed by atoms with Crippen molar-refractivity contribution in [2.75, 3.05) is 7.11 Å². The molecule has 0 bridgehead atoms. The lowest BCUT2D eigenvalue weighted by Crippen LogP contribution is -2.41. The summed E-state index contributed by atoms with van der Waals surface area (Å²) < 4.78 is 5.17. The molecule has 0 aromatic heterocycles. The highest BCUT2D eigenvalue weighted by atomic mass is 16.5. The molecule has 120 valence electrons. The number of hydrogen-bond donors (Lipinski definition) is 2. The molecule has 1 rings (SSSR count). The van der Waals surface area contributed by atoms with E-state index in [9.17, 15) is 14.4 Å². The topological polar surface area (TPSA) is 92.7 Å². The molecule has 0 saturated carbocycles. The molecule has 1 unspecified atom stereocenters. The third-order valence-electron chi connectivity index (χ3n) is 3.25. The van der Waals surface area contributed by atoms with Crippen molar-refractivity contribution < 1.29 is 24.2 Å². The van der Waals surface area contributed by atoms with Gasteiger partial charge in [0.15, 0.2) is 5.78 Å². The van der Waals surface area contributed by atoms with Crippen LogP contribution in [0.5, 0.6) is 5.75 Å². The van der Waals surface area contributed by atoms with Gasteiger partial charge in [-0.1, -0.05) is 13.3 Å². The Hall–Kier alpha value is -2.37. The number of carboxylic acids is 1. The number of rotatable bonds is 8. The van der Waals surface area contributed by atoms with Gasteiger partial charge in [-0.05, 0) is 31.5 Å². The van der Waals surface area contributed by atoms with Gasteiger partial charge in [-0.15, -0.1) is 0 Å². The van der Waals surface area contributed by atoms with E-state index < -0.39 is 17.9 Å². The number of methoxy groups -OCH3 is 1. The number of Topliss-reactive ketones (excluding diaryl/α,β-unsaturated/α-hetero) is 1. The highest BCUT2D eigenvalue weighted by molar-refractivity contribution is 5.95. The molecule has 0 aliphatic heterocycles. The SMILES string of the molecule is CCCC(NC(=O)Cc1cc(C(C)=O)ccc1OC)C(=O)O. The molecule has 0 aliphatic rings. The van der Waals surface area contributed by atoms with E-state index in [1.165, 1.54) is 14.0 Å². The third-order valence-corrected chi connectivity index (χ3v) is 3.25. The Kier molecular flexibility index (Phi) is 6.56. The fourth-order valence-electron chi connectivity index (χ4n) is 2.10. The Morgan fingerprint density at radius 2 is 2.00 bits per heavy atom. The molecular weight excluding hydrogens is 286 g/mol. The number of benzene rings is 1. The summed E-state index contributed by atoms with van der Waals surface area (Å²) >= 11 is 0. The summed E-state index contributed by atoms with van der Waals surface area (Å²) in [7, 11) is 1.47. The van der Waals surface area contributed by atoms with Gasteiger partial charge in [-0.3, -0.25) is 9.59 Å². The molecule has 6 nitrogen and oxygen atoms in total. The van der Waals surface area contributed by atoms with Gasteiger partial charge in [-0.2, -0.15) is 0 Å². The maximum absolute atomic E-state index is 12.0. The molecule has 0 fully saturated rings. The quantitative estimate of drug-likeness (QED) is 0.715. The molecule has 1 atom stereocenters. The van der Waals surface area contributed by atoms with Crippen LogP contribution in [-0.4, -0.2) is 35.9 Å². The number of carboxylic acid groups (broad SMARTS) is 1. The smallest absolute Gasteiger partial charge is 0.326 e. The molecular formula is C16H21NO5. The van der Waals surface area contributed by atoms with Crippen LogP contribution in [0.2, 0.25) is 0 Å². The molecule has 1 aromatic carbocycles. The average Bonchev–Trinajstić information content (AvgIpc) is 2.46. The minimum Gasteiger partial charge on any atom is -0.496 e. The maximum Gasteiger partial charge on any atom is 0.326 e. The largest absolute Gasteiger partial charge is 0.496 e. The van der Waals surface area contributed by atoms with E-state index >= 15 is 0 Å². The average molecular weight is 307 g/mol. The Bertz CT molecular complexity index is 568. The normalized spacial score (nSPS) is 11.6. The summed E-state index contributed by atoms with van der Waals surface area (Å²) in [6.07, 6.45) is 0.976. The lowest BCUT2D eigenvalue weighted by Gasteiger charge is -2.15. The second-order valence-electron chi connectivity index (χ2n) is 5.01. The summed E-state index contributed by atoms with van der Waals surface area (Å²) in [5.74, 6) is -1.10. The molecule has 1 amide bonds. The Morgan fingerprint density at radius 3 is 2.50 bits per heavy atom. The predicted molar refractivity (Wildman–Crippen MR) is 81.2 cm³/mol. The van der Waals surface area contributed by atoms with Crippen molar-refractivity contribution >= 4 is 17.7 Å². The monoisotopic (exact) mass is 307 g/mol. The van der Waals surface area contributed by atoms with E-state index in [0.717, 1.165) is 0 Å². The van der Waals surface area contributed by atoms with Gasteiger partial charge in [0, 0.05) is 11.1 Å². The summed E-state index contributed by atoms with van der Waals surface area (Å²) in [6, 6.07) is 3.94.